The monoisotopic (exact) mass is 429 g/mol. The first kappa shape index (κ1) is 18.2. The van der Waals surface area contributed by atoms with Crippen molar-refractivity contribution in [3.05, 3.63) is 57.6 Å². The van der Waals surface area contributed by atoms with Crippen molar-refractivity contribution in [2.24, 2.45) is 22.0 Å². The lowest BCUT2D eigenvalue weighted by atomic mass is 10.4. The smallest absolute Gasteiger partial charge is 0.273 e. The van der Waals surface area contributed by atoms with Gasteiger partial charge in [0.15, 0.2) is 5.82 Å². The highest BCUT2D eigenvalue weighted by Gasteiger charge is 2.06. The van der Waals surface area contributed by atoms with Crippen LogP contribution in [0.4, 0.5) is 10.6 Å². The van der Waals surface area contributed by atoms with Crippen LogP contribution in [-0.2, 0) is 0 Å². The van der Waals surface area contributed by atoms with Gasteiger partial charge >= 0.3 is 6.03 Å². The van der Waals surface area contributed by atoms with Gasteiger partial charge in [0, 0.05) is 10.7 Å². The van der Waals surface area contributed by atoms with Crippen molar-refractivity contribution in [2.45, 2.75) is 0 Å². The Morgan fingerprint density at radius 3 is 2.18 bits per heavy atom. The molecule has 5 N–H and O–H groups in total. The Morgan fingerprint density at radius 1 is 1.18 bits per heavy atom. The Labute approximate surface area is 143 Å². The summed E-state index contributed by atoms with van der Waals surface area (Å²) in [7, 11) is 0. The number of nitrogens with zero attached hydrogens (tertiary/aromatic N) is 4. The van der Waals surface area contributed by atoms with Crippen molar-refractivity contribution in [1.29, 1.82) is 0 Å². The van der Waals surface area contributed by atoms with Crippen LogP contribution in [0.25, 0.3) is 0 Å². The van der Waals surface area contributed by atoms with E-state index in [1.807, 2.05) is 36.4 Å². The van der Waals surface area contributed by atoms with E-state index in [9.17, 15) is 4.79 Å². The fourth-order valence-corrected chi connectivity index (χ4v) is 2.13. The standard InChI is InChI=1S/C6H7Br2N7O.C6H6/c7-3-1-4(8)5(11-2-3)13-14-15(10)6(16)12-9;1-2-4-6-5-3-1/h1-2H,9-10H2,(H,12,16);1-6H. The molecule has 0 atom stereocenters. The number of hydrazine groups is 2. The number of nitrogens with one attached hydrogen (secondary N) is 1. The molecule has 0 bridgehead atoms. The topological polar surface area (TPSA) is 122 Å². The number of aromatic nitrogens is 1. The second-order valence-electron chi connectivity index (χ2n) is 3.60. The number of halogens is 2. The van der Waals surface area contributed by atoms with Crippen LogP contribution in [0, 0.1) is 0 Å². The Morgan fingerprint density at radius 2 is 1.73 bits per heavy atom. The average molecular weight is 431 g/mol. The number of urea groups is 1. The molecular formula is C12H13Br2N7O. The third-order valence-corrected chi connectivity index (χ3v) is 3.04. The van der Waals surface area contributed by atoms with Crippen LogP contribution in [0.1, 0.15) is 0 Å². The number of rotatable bonds is 2. The minimum Gasteiger partial charge on any atom is -0.273 e. The normalized spacial score (nSPS) is 9.82. The molecule has 0 fully saturated rings. The van der Waals surface area contributed by atoms with Crippen molar-refractivity contribution >= 4 is 43.7 Å². The van der Waals surface area contributed by atoms with Gasteiger partial charge in [0.25, 0.3) is 0 Å². The largest absolute Gasteiger partial charge is 0.368 e. The van der Waals surface area contributed by atoms with Crippen molar-refractivity contribution in [3.8, 4) is 0 Å². The molecule has 0 radical (unpaired) electrons. The molecule has 22 heavy (non-hydrogen) atoms. The maximum absolute atomic E-state index is 10.8. The molecule has 0 aliphatic rings. The number of carbonyl (C=O) groups excluding carboxylic acids is 1. The highest BCUT2D eigenvalue weighted by atomic mass is 79.9. The Balaban J connectivity index is 0.000000335. The van der Waals surface area contributed by atoms with Crippen LogP contribution >= 0.6 is 31.9 Å². The van der Waals surface area contributed by atoms with E-state index < -0.39 is 6.03 Å². The summed E-state index contributed by atoms with van der Waals surface area (Å²) in [5.74, 6) is 10.3. The van der Waals surface area contributed by atoms with Crippen LogP contribution in [0.3, 0.4) is 0 Å². The van der Waals surface area contributed by atoms with E-state index in [-0.39, 0.29) is 5.82 Å². The molecule has 116 valence electrons. The van der Waals surface area contributed by atoms with E-state index in [4.69, 9.17) is 11.7 Å². The number of amides is 2. The van der Waals surface area contributed by atoms with Gasteiger partial charge in [-0.2, -0.15) is 0 Å². The summed E-state index contributed by atoms with van der Waals surface area (Å²) in [5.41, 5.74) is 1.79. The zero-order valence-electron chi connectivity index (χ0n) is 11.2. The van der Waals surface area contributed by atoms with Crippen molar-refractivity contribution in [2.75, 3.05) is 0 Å². The van der Waals surface area contributed by atoms with E-state index in [0.29, 0.717) is 9.59 Å². The highest BCUT2D eigenvalue weighted by molar-refractivity contribution is 9.11. The minimum absolute atomic E-state index is 0.281. The summed E-state index contributed by atoms with van der Waals surface area (Å²) in [6.07, 6.45) is 1.53. The van der Waals surface area contributed by atoms with Gasteiger partial charge in [-0.05, 0) is 43.1 Å². The van der Waals surface area contributed by atoms with Gasteiger partial charge < -0.3 is 0 Å². The van der Waals surface area contributed by atoms with Crippen LogP contribution in [0.5, 0.6) is 0 Å². The quantitative estimate of drug-likeness (QED) is 0.293. The lowest BCUT2D eigenvalue weighted by Gasteiger charge is -2.06. The zero-order chi connectivity index (χ0) is 16.4. The number of hydrogen-bond acceptors (Lipinski definition) is 6. The molecule has 0 saturated carbocycles. The summed E-state index contributed by atoms with van der Waals surface area (Å²) < 4.78 is 1.38. The molecule has 0 spiro atoms. The first-order valence-electron chi connectivity index (χ1n) is 5.82. The van der Waals surface area contributed by atoms with E-state index in [2.05, 4.69) is 47.2 Å². The summed E-state index contributed by atoms with van der Waals surface area (Å²) in [4.78, 5) is 14.8. The van der Waals surface area contributed by atoms with Gasteiger partial charge in [0.2, 0.25) is 0 Å². The summed E-state index contributed by atoms with van der Waals surface area (Å²) in [6, 6.07) is 12.9. The molecule has 2 amide bonds. The summed E-state index contributed by atoms with van der Waals surface area (Å²) >= 11 is 6.45. The summed E-state index contributed by atoms with van der Waals surface area (Å²) in [6.45, 7) is 0. The Bertz CT molecular complexity index is 597. The number of nitrogens with two attached hydrogens (primary N) is 2. The second kappa shape index (κ2) is 9.95. The van der Waals surface area contributed by atoms with Crippen molar-refractivity contribution in [1.82, 2.24) is 15.5 Å². The fraction of sp³-hybridized carbons (Fsp3) is 0. The molecule has 1 heterocycles. The SMILES string of the molecule is NNC(=O)N(N)N=Nc1ncc(Br)cc1Br.c1ccccc1. The van der Waals surface area contributed by atoms with Gasteiger partial charge in [-0.1, -0.05) is 36.4 Å². The third kappa shape index (κ3) is 6.72. The van der Waals surface area contributed by atoms with Gasteiger partial charge in [0.1, 0.15) is 0 Å². The third-order valence-electron chi connectivity index (χ3n) is 2.02. The van der Waals surface area contributed by atoms with E-state index in [0.717, 1.165) is 4.47 Å². The van der Waals surface area contributed by atoms with E-state index >= 15 is 0 Å². The van der Waals surface area contributed by atoms with Crippen LogP contribution in [-0.4, -0.2) is 16.1 Å². The molecule has 2 aromatic rings. The maximum atomic E-state index is 10.8. The Hall–Kier alpha value is -1.88. The van der Waals surface area contributed by atoms with Crippen molar-refractivity contribution in [3.63, 3.8) is 0 Å². The molecule has 2 rings (SSSR count). The molecule has 8 nitrogen and oxygen atoms in total. The van der Waals surface area contributed by atoms with Gasteiger partial charge in [0.05, 0.1) is 4.47 Å². The predicted molar refractivity (Wildman–Crippen MR) is 89.3 cm³/mol. The molecule has 1 aromatic heterocycles. The number of benzene rings is 1. The molecular weight excluding hydrogens is 418 g/mol. The van der Waals surface area contributed by atoms with E-state index in [1.54, 1.807) is 11.5 Å². The van der Waals surface area contributed by atoms with Crippen LogP contribution < -0.4 is 17.1 Å². The molecule has 0 unspecified atom stereocenters. The number of carbonyl (C=O) groups is 1. The van der Waals surface area contributed by atoms with E-state index in [1.165, 1.54) is 6.20 Å². The lowest BCUT2D eigenvalue weighted by Crippen LogP contribution is -2.44. The maximum Gasteiger partial charge on any atom is 0.368 e. The van der Waals surface area contributed by atoms with Crippen molar-refractivity contribution < 1.29 is 4.79 Å². The predicted octanol–water partition coefficient (Wildman–Crippen LogP) is 3.05. The molecule has 1 aromatic carbocycles. The zero-order valence-corrected chi connectivity index (χ0v) is 14.4. The number of hydrogen-bond donors (Lipinski definition) is 3. The highest BCUT2D eigenvalue weighted by Crippen LogP contribution is 2.25. The van der Waals surface area contributed by atoms with Gasteiger partial charge in [-0.25, -0.2) is 21.5 Å². The second-order valence-corrected chi connectivity index (χ2v) is 5.37. The fourth-order valence-electron chi connectivity index (χ4n) is 1.06. The van der Waals surface area contributed by atoms with Gasteiger partial charge in [-0.3, -0.25) is 5.43 Å². The molecule has 0 aliphatic carbocycles. The molecule has 0 aliphatic heterocycles. The first-order chi connectivity index (χ1) is 10.5. The molecule has 10 heteroatoms. The average Bonchev–Trinajstić information content (AvgIpc) is 2.55. The lowest BCUT2D eigenvalue weighted by molar-refractivity contribution is 0.197. The Kier molecular flexibility index (Phi) is 8.22. The summed E-state index contributed by atoms with van der Waals surface area (Å²) in [5, 5.41) is 7.49. The van der Waals surface area contributed by atoms with Crippen LogP contribution in [0.2, 0.25) is 0 Å². The molecule has 0 saturated heterocycles. The first-order valence-corrected chi connectivity index (χ1v) is 7.41. The van der Waals surface area contributed by atoms with Gasteiger partial charge in [-0.15, -0.1) is 10.2 Å². The number of pyridine rings is 1. The van der Waals surface area contributed by atoms with Crippen LogP contribution in [0.15, 0.2) is 67.9 Å². The minimum atomic E-state index is -0.794.